The van der Waals surface area contributed by atoms with Gasteiger partial charge in [0.05, 0.1) is 7.11 Å². The van der Waals surface area contributed by atoms with E-state index in [0.29, 0.717) is 0 Å². The number of methoxy groups -OCH3 is 1. The smallest absolute Gasteiger partial charge is 0.271 e. The van der Waals surface area contributed by atoms with Gasteiger partial charge in [-0.15, -0.1) is 0 Å². The summed E-state index contributed by atoms with van der Waals surface area (Å²) in [5.41, 5.74) is 3.12. The van der Waals surface area contributed by atoms with Crippen molar-refractivity contribution in [2.75, 3.05) is 7.11 Å². The summed E-state index contributed by atoms with van der Waals surface area (Å²) >= 11 is 0. The zero-order chi connectivity index (χ0) is 17.5. The highest BCUT2D eigenvalue weighted by Crippen LogP contribution is 2.35. The highest BCUT2D eigenvalue weighted by Gasteiger charge is 2.12. The number of amides is 1. The van der Waals surface area contributed by atoms with Crippen molar-refractivity contribution < 1.29 is 24.9 Å². The number of phenols is 3. The number of aromatic hydroxyl groups is 3. The molecule has 0 atom stereocenters. The number of nitrogens with one attached hydrogen (secondary N) is 1. The lowest BCUT2D eigenvalue weighted by Crippen LogP contribution is -2.17. The Labute approximate surface area is 138 Å². The SMILES string of the molecule is COc1ccc(/C=C/C=N/NC(=O)c2cc(O)c(O)c(O)c2)cc1. The van der Waals surface area contributed by atoms with Crippen LogP contribution < -0.4 is 10.2 Å². The fraction of sp³-hybridized carbons (Fsp3) is 0.0588. The van der Waals surface area contributed by atoms with Crippen LogP contribution in [0.5, 0.6) is 23.0 Å². The van der Waals surface area contributed by atoms with Crippen molar-refractivity contribution in [3.8, 4) is 23.0 Å². The van der Waals surface area contributed by atoms with Crippen LogP contribution in [-0.2, 0) is 0 Å². The van der Waals surface area contributed by atoms with Crippen molar-refractivity contribution in [1.82, 2.24) is 5.43 Å². The zero-order valence-electron chi connectivity index (χ0n) is 12.8. The van der Waals surface area contributed by atoms with Gasteiger partial charge in [-0.1, -0.05) is 18.2 Å². The first-order chi connectivity index (χ1) is 11.5. The number of allylic oxidation sites excluding steroid dienone is 1. The second kappa shape index (κ2) is 7.68. The van der Waals surface area contributed by atoms with Gasteiger partial charge in [-0.05, 0) is 35.9 Å². The van der Waals surface area contributed by atoms with Crippen molar-refractivity contribution in [1.29, 1.82) is 0 Å². The molecule has 0 saturated heterocycles. The number of rotatable bonds is 5. The summed E-state index contributed by atoms with van der Waals surface area (Å²) in [4.78, 5) is 11.8. The first kappa shape index (κ1) is 16.9. The van der Waals surface area contributed by atoms with E-state index in [1.807, 2.05) is 24.3 Å². The molecular weight excluding hydrogens is 312 g/mol. The van der Waals surface area contributed by atoms with Crippen LogP contribution in [0.3, 0.4) is 0 Å². The Bertz CT molecular complexity index is 759. The third-order valence-electron chi connectivity index (χ3n) is 3.06. The Kier molecular flexibility index (Phi) is 5.40. The summed E-state index contributed by atoms with van der Waals surface area (Å²) in [5, 5.41) is 31.6. The monoisotopic (exact) mass is 328 g/mol. The Hall–Kier alpha value is -3.48. The van der Waals surface area contributed by atoms with E-state index in [4.69, 9.17) is 4.74 Å². The number of hydrazone groups is 1. The molecule has 124 valence electrons. The van der Waals surface area contributed by atoms with Crippen LogP contribution >= 0.6 is 0 Å². The van der Waals surface area contributed by atoms with Crippen molar-refractivity contribution in [3.05, 3.63) is 53.6 Å². The predicted octanol–water partition coefficient (Wildman–Crippen LogP) is 2.24. The maximum absolute atomic E-state index is 11.8. The third-order valence-corrected chi connectivity index (χ3v) is 3.06. The molecule has 7 nitrogen and oxygen atoms in total. The number of ether oxygens (including phenoxy) is 1. The Balaban J connectivity index is 1.93. The summed E-state index contributed by atoms with van der Waals surface area (Å²) < 4.78 is 5.06. The molecule has 0 aliphatic heterocycles. The van der Waals surface area contributed by atoms with E-state index in [1.54, 1.807) is 19.3 Å². The van der Waals surface area contributed by atoms with Gasteiger partial charge < -0.3 is 20.1 Å². The summed E-state index contributed by atoms with van der Waals surface area (Å²) in [6, 6.07) is 9.42. The third kappa shape index (κ3) is 4.26. The minimum absolute atomic E-state index is 0.0425. The number of benzene rings is 2. The molecule has 4 N–H and O–H groups in total. The first-order valence-corrected chi connectivity index (χ1v) is 6.90. The molecule has 0 bridgehead atoms. The van der Waals surface area contributed by atoms with E-state index < -0.39 is 23.2 Å². The second-order valence-electron chi connectivity index (χ2n) is 4.71. The minimum Gasteiger partial charge on any atom is -0.504 e. The molecule has 0 unspecified atom stereocenters. The molecule has 0 aliphatic carbocycles. The number of hydrogen-bond acceptors (Lipinski definition) is 6. The standard InChI is InChI=1S/C17H16N2O5/c1-24-13-6-4-11(5-7-13)3-2-8-18-19-17(23)12-9-14(20)16(22)15(21)10-12/h2-10,20-22H,1H3,(H,19,23)/b3-2+,18-8+. The molecule has 0 aliphatic rings. The van der Waals surface area contributed by atoms with Gasteiger partial charge in [0, 0.05) is 11.8 Å². The van der Waals surface area contributed by atoms with Crippen molar-refractivity contribution >= 4 is 18.2 Å². The number of carbonyl (C=O) groups is 1. The van der Waals surface area contributed by atoms with E-state index >= 15 is 0 Å². The predicted molar refractivity (Wildman–Crippen MR) is 89.4 cm³/mol. The maximum Gasteiger partial charge on any atom is 0.271 e. The largest absolute Gasteiger partial charge is 0.504 e. The fourth-order valence-corrected chi connectivity index (χ4v) is 1.81. The number of phenolic OH excluding ortho intramolecular Hbond substituents is 3. The van der Waals surface area contributed by atoms with Gasteiger partial charge in [-0.3, -0.25) is 4.79 Å². The zero-order valence-corrected chi connectivity index (χ0v) is 12.8. The normalized spacial score (nSPS) is 11.0. The topological polar surface area (TPSA) is 111 Å². The van der Waals surface area contributed by atoms with E-state index in [9.17, 15) is 20.1 Å². The average Bonchev–Trinajstić information content (AvgIpc) is 2.59. The lowest BCUT2D eigenvalue weighted by molar-refractivity contribution is 0.0954. The molecule has 7 heteroatoms. The molecule has 0 fully saturated rings. The molecule has 24 heavy (non-hydrogen) atoms. The number of nitrogens with zero attached hydrogens (tertiary/aromatic N) is 1. The van der Waals surface area contributed by atoms with Gasteiger partial charge in [0.2, 0.25) is 0 Å². The number of carbonyl (C=O) groups excluding carboxylic acids is 1. The van der Waals surface area contributed by atoms with Crippen molar-refractivity contribution in [2.24, 2.45) is 5.10 Å². The van der Waals surface area contributed by atoms with Gasteiger partial charge in [-0.2, -0.15) is 5.10 Å². The first-order valence-electron chi connectivity index (χ1n) is 6.90. The van der Waals surface area contributed by atoms with Crippen LogP contribution in [0.25, 0.3) is 6.08 Å². The van der Waals surface area contributed by atoms with Crippen LogP contribution in [-0.4, -0.2) is 34.6 Å². The van der Waals surface area contributed by atoms with Crippen LogP contribution in [0.4, 0.5) is 0 Å². The van der Waals surface area contributed by atoms with E-state index in [1.165, 1.54) is 6.21 Å². The summed E-state index contributed by atoms with van der Waals surface area (Å²) in [5.74, 6) is -1.76. The molecular formula is C17H16N2O5. The van der Waals surface area contributed by atoms with E-state index in [-0.39, 0.29) is 5.56 Å². The van der Waals surface area contributed by atoms with Crippen LogP contribution in [0.15, 0.2) is 47.6 Å². The second-order valence-corrected chi connectivity index (χ2v) is 4.71. The van der Waals surface area contributed by atoms with E-state index in [0.717, 1.165) is 23.4 Å². The van der Waals surface area contributed by atoms with Gasteiger partial charge >= 0.3 is 0 Å². The van der Waals surface area contributed by atoms with Crippen LogP contribution in [0.1, 0.15) is 15.9 Å². The lowest BCUT2D eigenvalue weighted by atomic mass is 10.2. The molecule has 2 aromatic carbocycles. The Morgan fingerprint density at radius 1 is 1.12 bits per heavy atom. The summed E-state index contributed by atoms with van der Waals surface area (Å²) in [6.45, 7) is 0. The highest BCUT2D eigenvalue weighted by atomic mass is 16.5. The van der Waals surface area contributed by atoms with Crippen molar-refractivity contribution in [2.45, 2.75) is 0 Å². The highest BCUT2D eigenvalue weighted by molar-refractivity contribution is 5.96. The maximum atomic E-state index is 11.8. The summed E-state index contributed by atoms with van der Waals surface area (Å²) in [6.07, 6.45) is 4.80. The Morgan fingerprint density at radius 3 is 2.33 bits per heavy atom. The molecule has 0 saturated carbocycles. The molecule has 2 aromatic rings. The molecule has 2 rings (SSSR count). The molecule has 0 aromatic heterocycles. The van der Waals surface area contributed by atoms with Crippen molar-refractivity contribution in [3.63, 3.8) is 0 Å². The van der Waals surface area contributed by atoms with Gasteiger partial charge in [0.15, 0.2) is 17.2 Å². The van der Waals surface area contributed by atoms with Crippen LogP contribution in [0, 0.1) is 0 Å². The summed E-state index contributed by atoms with van der Waals surface area (Å²) in [7, 11) is 1.59. The number of hydrogen-bond donors (Lipinski definition) is 4. The van der Waals surface area contributed by atoms with Gasteiger partial charge in [0.25, 0.3) is 5.91 Å². The van der Waals surface area contributed by atoms with Gasteiger partial charge in [0.1, 0.15) is 5.75 Å². The quantitative estimate of drug-likeness (QED) is 0.382. The minimum atomic E-state index is -0.683. The Morgan fingerprint density at radius 2 is 1.75 bits per heavy atom. The average molecular weight is 328 g/mol. The van der Waals surface area contributed by atoms with E-state index in [2.05, 4.69) is 10.5 Å². The molecule has 0 heterocycles. The molecule has 0 spiro atoms. The molecule has 1 amide bonds. The lowest BCUT2D eigenvalue weighted by Gasteiger charge is -2.04. The fourth-order valence-electron chi connectivity index (χ4n) is 1.81. The molecule has 0 radical (unpaired) electrons. The van der Waals surface area contributed by atoms with Gasteiger partial charge in [-0.25, -0.2) is 5.43 Å². The van der Waals surface area contributed by atoms with Crippen LogP contribution in [0.2, 0.25) is 0 Å².